The molecular formula is C7H7BrN2O2. The van der Waals surface area contributed by atoms with Crippen LogP contribution in [0.25, 0.3) is 0 Å². The number of pyridine rings is 1. The summed E-state index contributed by atoms with van der Waals surface area (Å²) in [5.74, 6) is -0.665. The predicted molar refractivity (Wildman–Crippen MR) is 47.7 cm³/mol. The van der Waals surface area contributed by atoms with Gasteiger partial charge >= 0.3 is 5.97 Å². The van der Waals surface area contributed by atoms with Gasteiger partial charge in [-0.3, -0.25) is 4.79 Å². The molecule has 0 aromatic carbocycles. The van der Waals surface area contributed by atoms with Gasteiger partial charge in [0.05, 0.1) is 6.42 Å². The van der Waals surface area contributed by atoms with Gasteiger partial charge in [0.25, 0.3) is 0 Å². The zero-order valence-electron chi connectivity index (χ0n) is 6.12. The zero-order chi connectivity index (χ0) is 9.14. The number of halogens is 1. The van der Waals surface area contributed by atoms with E-state index in [4.69, 9.17) is 10.8 Å². The van der Waals surface area contributed by atoms with Gasteiger partial charge in [-0.25, -0.2) is 4.98 Å². The molecule has 1 aromatic heterocycles. The maximum atomic E-state index is 10.4. The second-order valence-electron chi connectivity index (χ2n) is 2.23. The molecule has 0 saturated heterocycles. The largest absolute Gasteiger partial charge is 0.481 e. The lowest BCUT2D eigenvalue weighted by Gasteiger charge is -2.02. The third-order valence-corrected chi connectivity index (χ3v) is 2.10. The number of rotatable bonds is 2. The van der Waals surface area contributed by atoms with E-state index in [9.17, 15) is 4.79 Å². The lowest BCUT2D eigenvalue weighted by atomic mass is 10.2. The van der Waals surface area contributed by atoms with E-state index in [-0.39, 0.29) is 12.2 Å². The number of anilines is 1. The Morgan fingerprint density at radius 1 is 1.75 bits per heavy atom. The Morgan fingerprint density at radius 2 is 2.42 bits per heavy atom. The van der Waals surface area contributed by atoms with Crippen molar-refractivity contribution < 1.29 is 9.90 Å². The van der Waals surface area contributed by atoms with Crippen LogP contribution in [0.3, 0.4) is 0 Å². The highest BCUT2D eigenvalue weighted by Crippen LogP contribution is 2.20. The van der Waals surface area contributed by atoms with Gasteiger partial charge in [-0.05, 0) is 6.07 Å². The highest BCUT2D eigenvalue weighted by molar-refractivity contribution is 9.10. The minimum absolute atomic E-state index is 0.111. The summed E-state index contributed by atoms with van der Waals surface area (Å²) in [6.45, 7) is 0. The standard InChI is InChI=1S/C7H7BrN2O2/c8-5-1-2-10-7(9)4(5)3-6(11)12/h1-2H,3H2,(H2,9,10)(H,11,12). The number of nitrogen functional groups attached to an aromatic ring is 1. The van der Waals surface area contributed by atoms with Crippen LogP contribution in [0.4, 0.5) is 5.82 Å². The van der Waals surface area contributed by atoms with Gasteiger partial charge in [-0.15, -0.1) is 0 Å². The van der Waals surface area contributed by atoms with Gasteiger partial charge in [-0.2, -0.15) is 0 Å². The van der Waals surface area contributed by atoms with E-state index in [0.717, 1.165) is 0 Å². The van der Waals surface area contributed by atoms with Crippen molar-refractivity contribution in [3.63, 3.8) is 0 Å². The van der Waals surface area contributed by atoms with Crippen molar-refractivity contribution in [2.24, 2.45) is 0 Å². The molecule has 12 heavy (non-hydrogen) atoms. The average Bonchev–Trinajstić information content (AvgIpc) is 1.97. The molecule has 64 valence electrons. The van der Waals surface area contributed by atoms with Gasteiger partial charge in [-0.1, -0.05) is 15.9 Å². The van der Waals surface area contributed by atoms with Crippen LogP contribution in [0.15, 0.2) is 16.7 Å². The molecule has 1 heterocycles. The summed E-state index contributed by atoms with van der Waals surface area (Å²) in [5.41, 5.74) is 5.98. The molecule has 1 rings (SSSR count). The first-order chi connectivity index (χ1) is 5.61. The number of nitrogens with two attached hydrogens (primary N) is 1. The lowest BCUT2D eigenvalue weighted by molar-refractivity contribution is -0.136. The smallest absolute Gasteiger partial charge is 0.308 e. The van der Waals surface area contributed by atoms with Gasteiger partial charge in [0.2, 0.25) is 0 Å². The molecule has 0 fully saturated rings. The van der Waals surface area contributed by atoms with Gasteiger partial charge in [0.15, 0.2) is 0 Å². The molecule has 5 heteroatoms. The number of hydrogen-bond donors (Lipinski definition) is 2. The highest BCUT2D eigenvalue weighted by Gasteiger charge is 2.08. The molecule has 0 bridgehead atoms. The van der Waals surface area contributed by atoms with Crippen molar-refractivity contribution >= 4 is 27.7 Å². The maximum absolute atomic E-state index is 10.4. The van der Waals surface area contributed by atoms with E-state index < -0.39 is 5.97 Å². The van der Waals surface area contributed by atoms with Gasteiger partial charge in [0, 0.05) is 16.2 Å². The molecule has 0 radical (unpaired) electrons. The fraction of sp³-hybridized carbons (Fsp3) is 0.143. The summed E-state index contributed by atoms with van der Waals surface area (Å²) in [6, 6.07) is 1.66. The summed E-state index contributed by atoms with van der Waals surface area (Å²) in [6.07, 6.45) is 1.41. The molecule has 0 aliphatic rings. The summed E-state index contributed by atoms with van der Waals surface area (Å²) < 4.78 is 0.678. The third kappa shape index (κ3) is 1.94. The zero-order valence-corrected chi connectivity index (χ0v) is 7.71. The molecule has 3 N–H and O–H groups in total. The molecule has 0 atom stereocenters. The third-order valence-electron chi connectivity index (χ3n) is 1.36. The van der Waals surface area contributed by atoms with Crippen molar-refractivity contribution in [2.75, 3.05) is 5.73 Å². The molecule has 0 amide bonds. The van der Waals surface area contributed by atoms with Gasteiger partial charge in [0.1, 0.15) is 5.82 Å². The molecule has 0 unspecified atom stereocenters. The van der Waals surface area contributed by atoms with Crippen LogP contribution in [0.5, 0.6) is 0 Å². The molecule has 1 aromatic rings. The first-order valence-corrected chi connectivity index (χ1v) is 4.01. The molecular weight excluding hydrogens is 224 g/mol. The number of aromatic nitrogens is 1. The fourth-order valence-electron chi connectivity index (χ4n) is 0.810. The first kappa shape index (κ1) is 8.99. The topological polar surface area (TPSA) is 76.2 Å². The first-order valence-electron chi connectivity index (χ1n) is 3.22. The minimum atomic E-state index is -0.921. The lowest BCUT2D eigenvalue weighted by Crippen LogP contribution is -2.05. The van der Waals surface area contributed by atoms with Crippen LogP contribution in [-0.2, 0) is 11.2 Å². The quantitative estimate of drug-likeness (QED) is 0.797. The Labute approximate surface area is 77.5 Å². The monoisotopic (exact) mass is 230 g/mol. The van der Waals surface area contributed by atoms with E-state index in [0.29, 0.717) is 10.0 Å². The Kier molecular flexibility index (Phi) is 2.65. The van der Waals surface area contributed by atoms with Crippen molar-refractivity contribution in [2.45, 2.75) is 6.42 Å². The normalized spacial score (nSPS) is 9.75. The number of carboxylic acids is 1. The number of carbonyl (C=O) groups is 1. The van der Waals surface area contributed by atoms with E-state index in [2.05, 4.69) is 20.9 Å². The predicted octanol–water partition coefficient (Wildman–Crippen LogP) is 1.05. The van der Waals surface area contributed by atoms with Crippen LogP contribution in [0.1, 0.15) is 5.56 Å². The average molecular weight is 231 g/mol. The molecule has 4 nitrogen and oxygen atoms in total. The Bertz CT molecular complexity index is 294. The summed E-state index contributed by atoms with van der Waals surface area (Å²) >= 11 is 3.19. The van der Waals surface area contributed by atoms with Crippen LogP contribution >= 0.6 is 15.9 Å². The molecule has 0 saturated carbocycles. The number of carboxylic acid groups (broad SMARTS) is 1. The summed E-state index contributed by atoms with van der Waals surface area (Å²) in [5, 5.41) is 8.51. The van der Waals surface area contributed by atoms with Crippen LogP contribution in [0.2, 0.25) is 0 Å². The van der Waals surface area contributed by atoms with Crippen LogP contribution in [0, 0.1) is 0 Å². The SMILES string of the molecule is Nc1nccc(Br)c1CC(=O)O. The van der Waals surface area contributed by atoms with Crippen LogP contribution in [-0.4, -0.2) is 16.1 Å². The Hall–Kier alpha value is -1.10. The number of aliphatic carboxylic acids is 1. The van der Waals surface area contributed by atoms with E-state index >= 15 is 0 Å². The summed E-state index contributed by atoms with van der Waals surface area (Å²) in [7, 11) is 0. The number of hydrogen-bond acceptors (Lipinski definition) is 3. The van der Waals surface area contributed by atoms with Crippen molar-refractivity contribution in [1.29, 1.82) is 0 Å². The Balaban J connectivity index is 3.04. The van der Waals surface area contributed by atoms with Gasteiger partial charge < -0.3 is 10.8 Å². The van der Waals surface area contributed by atoms with Crippen molar-refractivity contribution in [1.82, 2.24) is 4.98 Å². The molecule has 0 aliphatic carbocycles. The second kappa shape index (κ2) is 3.53. The van der Waals surface area contributed by atoms with Crippen molar-refractivity contribution in [3.8, 4) is 0 Å². The van der Waals surface area contributed by atoms with E-state index in [1.54, 1.807) is 6.07 Å². The Morgan fingerprint density at radius 3 is 2.92 bits per heavy atom. The maximum Gasteiger partial charge on any atom is 0.308 e. The minimum Gasteiger partial charge on any atom is -0.481 e. The molecule has 0 spiro atoms. The molecule has 0 aliphatic heterocycles. The van der Waals surface area contributed by atoms with Crippen LogP contribution < -0.4 is 5.73 Å². The number of nitrogens with zero attached hydrogens (tertiary/aromatic N) is 1. The van der Waals surface area contributed by atoms with E-state index in [1.165, 1.54) is 6.20 Å². The van der Waals surface area contributed by atoms with E-state index in [1.807, 2.05) is 0 Å². The summed E-state index contributed by atoms with van der Waals surface area (Å²) in [4.78, 5) is 14.1. The fourth-order valence-corrected chi connectivity index (χ4v) is 1.27. The van der Waals surface area contributed by atoms with Crippen molar-refractivity contribution in [3.05, 3.63) is 22.3 Å². The second-order valence-corrected chi connectivity index (χ2v) is 3.08. The highest BCUT2D eigenvalue weighted by atomic mass is 79.9.